The zero-order valence-corrected chi connectivity index (χ0v) is 19.2. The molecule has 2 aromatic rings. The van der Waals surface area contributed by atoms with Crippen molar-refractivity contribution in [3.05, 3.63) is 58.6 Å². The lowest BCUT2D eigenvalue weighted by Crippen LogP contribution is -2.31. The molecule has 1 aromatic carbocycles. The highest BCUT2D eigenvalue weighted by Gasteiger charge is 2.37. The second kappa shape index (κ2) is 9.20. The molecule has 0 atom stereocenters. The zero-order valence-electron chi connectivity index (χ0n) is 16.8. The highest BCUT2D eigenvalue weighted by molar-refractivity contribution is 7.88. The average Bonchev–Trinajstić information content (AvgIpc) is 3.23. The molecule has 2 heterocycles. The summed E-state index contributed by atoms with van der Waals surface area (Å²) in [6, 6.07) is 12.0. The second-order valence-corrected chi connectivity index (χ2v) is 9.58. The number of anilines is 1. The van der Waals surface area contributed by atoms with E-state index in [1.807, 2.05) is 6.07 Å². The molecule has 3 rings (SSSR count). The van der Waals surface area contributed by atoms with Crippen LogP contribution in [0.5, 0.6) is 0 Å². The number of likely N-dealkylation sites (N-methyl/N-ethyl adjacent to an activating group) is 1. The van der Waals surface area contributed by atoms with Crippen LogP contribution in [0.4, 0.5) is 5.69 Å². The molecule has 0 unspecified atom stereocenters. The van der Waals surface area contributed by atoms with Crippen LogP contribution in [0, 0.1) is 11.3 Å². The summed E-state index contributed by atoms with van der Waals surface area (Å²) in [7, 11) is -1.82. The molecule has 0 bridgehead atoms. The lowest BCUT2D eigenvalue weighted by atomic mass is 10.2. The molecule has 1 aromatic heterocycles. The Hall–Kier alpha value is -2.71. The Morgan fingerprint density at radius 2 is 1.94 bits per heavy atom. The quantitative estimate of drug-likeness (QED) is 0.445. The first-order chi connectivity index (χ1) is 14.6. The molecule has 162 valence electrons. The Balaban J connectivity index is 1.83. The minimum atomic E-state index is -3.50. The molecular formula is C20H19ClN4O4S2. The molecule has 1 aliphatic rings. The number of furan rings is 1. The van der Waals surface area contributed by atoms with Crippen LogP contribution in [-0.4, -0.2) is 48.5 Å². The fourth-order valence-corrected chi connectivity index (χ4v) is 4.17. The molecule has 1 saturated heterocycles. The number of thiocarbonyl (C=S) groups is 1. The lowest BCUT2D eigenvalue weighted by molar-refractivity contribution is -0.114. The second-order valence-electron chi connectivity index (χ2n) is 6.80. The van der Waals surface area contributed by atoms with Gasteiger partial charge >= 0.3 is 0 Å². The number of hydrogen-bond donors (Lipinski definition) is 0. The molecular weight excluding hydrogens is 460 g/mol. The molecule has 1 amide bonds. The van der Waals surface area contributed by atoms with E-state index in [9.17, 15) is 13.2 Å². The maximum Gasteiger partial charge on any atom is 0.281 e. The van der Waals surface area contributed by atoms with E-state index in [1.165, 1.54) is 4.90 Å². The molecule has 0 N–H and O–H groups in total. The third-order valence-corrected chi connectivity index (χ3v) is 6.54. The summed E-state index contributed by atoms with van der Waals surface area (Å²) in [6.07, 6.45) is 2.70. The molecule has 0 saturated carbocycles. The summed E-state index contributed by atoms with van der Waals surface area (Å²) >= 11 is 11.3. The van der Waals surface area contributed by atoms with Crippen molar-refractivity contribution in [1.29, 1.82) is 5.26 Å². The number of nitriles is 1. The van der Waals surface area contributed by atoms with Crippen molar-refractivity contribution in [2.24, 2.45) is 0 Å². The summed E-state index contributed by atoms with van der Waals surface area (Å²) in [5.41, 5.74) is 0.904. The zero-order chi connectivity index (χ0) is 22.8. The van der Waals surface area contributed by atoms with Gasteiger partial charge in [0.25, 0.3) is 5.91 Å². The predicted octanol–water partition coefficient (Wildman–Crippen LogP) is 3.21. The molecule has 0 spiro atoms. The minimum absolute atomic E-state index is 0.0111. The molecule has 0 aliphatic carbocycles. The van der Waals surface area contributed by atoms with E-state index in [1.54, 1.807) is 54.4 Å². The van der Waals surface area contributed by atoms with Crippen molar-refractivity contribution in [3.63, 3.8) is 0 Å². The largest absolute Gasteiger partial charge is 0.460 e. The average molecular weight is 479 g/mol. The first kappa shape index (κ1) is 23.0. The van der Waals surface area contributed by atoms with Crippen molar-refractivity contribution in [1.82, 2.24) is 9.21 Å². The van der Waals surface area contributed by atoms with Gasteiger partial charge in [-0.1, -0.05) is 11.6 Å². The van der Waals surface area contributed by atoms with Gasteiger partial charge in [0, 0.05) is 31.1 Å². The maximum atomic E-state index is 13.0. The molecule has 31 heavy (non-hydrogen) atoms. The highest BCUT2D eigenvalue weighted by Crippen LogP contribution is 2.29. The fraction of sp³-hybridized carbons (Fsp3) is 0.250. The summed E-state index contributed by atoms with van der Waals surface area (Å²) in [5, 5.41) is 9.60. The van der Waals surface area contributed by atoms with Crippen LogP contribution in [0.25, 0.3) is 6.08 Å². The van der Waals surface area contributed by atoms with E-state index in [-0.39, 0.29) is 25.4 Å². The number of carbonyl (C=O) groups is 1. The van der Waals surface area contributed by atoms with Crippen molar-refractivity contribution in [2.75, 3.05) is 24.7 Å². The SMILES string of the molecule is CN1C(=S)N(c2ccc(Cl)cc2)C(=O)/C1=C\c1ccc(CN(CCC#N)S(C)(=O)=O)o1. The van der Waals surface area contributed by atoms with Gasteiger partial charge in [-0.25, -0.2) is 8.42 Å². The number of sulfonamides is 1. The van der Waals surface area contributed by atoms with Gasteiger partial charge in [-0.05, 0) is 48.6 Å². The maximum absolute atomic E-state index is 13.0. The fourth-order valence-electron chi connectivity index (χ4n) is 2.98. The van der Waals surface area contributed by atoms with Crippen molar-refractivity contribution in [2.45, 2.75) is 13.0 Å². The lowest BCUT2D eigenvalue weighted by Gasteiger charge is -2.16. The van der Waals surface area contributed by atoms with E-state index < -0.39 is 10.0 Å². The number of rotatable bonds is 7. The van der Waals surface area contributed by atoms with Gasteiger partial charge in [0.2, 0.25) is 10.0 Å². The van der Waals surface area contributed by atoms with Gasteiger partial charge in [-0.2, -0.15) is 9.57 Å². The monoisotopic (exact) mass is 478 g/mol. The van der Waals surface area contributed by atoms with Crippen LogP contribution >= 0.6 is 23.8 Å². The Bertz CT molecular complexity index is 1180. The molecule has 0 radical (unpaired) electrons. The third-order valence-electron chi connectivity index (χ3n) is 4.58. The van der Waals surface area contributed by atoms with E-state index >= 15 is 0 Å². The van der Waals surface area contributed by atoms with Gasteiger partial charge < -0.3 is 9.32 Å². The summed E-state index contributed by atoms with van der Waals surface area (Å²) in [5.74, 6) is 0.444. The Morgan fingerprint density at radius 3 is 2.55 bits per heavy atom. The number of nitrogens with zero attached hydrogens (tertiary/aromatic N) is 4. The van der Waals surface area contributed by atoms with Crippen molar-refractivity contribution in [3.8, 4) is 6.07 Å². The van der Waals surface area contributed by atoms with Crippen molar-refractivity contribution < 1.29 is 17.6 Å². The van der Waals surface area contributed by atoms with Crippen LogP contribution in [-0.2, 0) is 21.4 Å². The number of hydrogen-bond acceptors (Lipinski definition) is 6. The van der Waals surface area contributed by atoms with Gasteiger partial charge in [0.05, 0.1) is 24.6 Å². The Morgan fingerprint density at radius 1 is 1.26 bits per heavy atom. The van der Waals surface area contributed by atoms with Crippen LogP contribution in [0.2, 0.25) is 5.02 Å². The van der Waals surface area contributed by atoms with Crippen LogP contribution in [0.1, 0.15) is 17.9 Å². The standard InChI is InChI=1S/C20H19ClN4O4S2/c1-23-18(19(26)25(20(23)30)15-6-4-14(21)5-7-15)12-16-8-9-17(29-16)13-24(11-3-10-22)31(2,27)28/h4-9,12H,3,11,13H2,1-2H3/b18-12+. The van der Waals surface area contributed by atoms with E-state index in [2.05, 4.69) is 0 Å². The minimum Gasteiger partial charge on any atom is -0.460 e. The van der Waals surface area contributed by atoms with E-state index in [0.29, 0.717) is 33.0 Å². The first-order valence-corrected chi connectivity index (χ1v) is 11.8. The van der Waals surface area contributed by atoms with Crippen LogP contribution in [0.15, 0.2) is 46.5 Å². The number of benzene rings is 1. The normalized spacial score (nSPS) is 15.9. The van der Waals surface area contributed by atoms with Gasteiger partial charge in [0.15, 0.2) is 5.11 Å². The van der Waals surface area contributed by atoms with Crippen molar-refractivity contribution >= 4 is 56.6 Å². The summed E-state index contributed by atoms with van der Waals surface area (Å²) in [4.78, 5) is 16.0. The molecule has 1 aliphatic heterocycles. The topological polar surface area (TPSA) is 97.9 Å². The van der Waals surface area contributed by atoms with Gasteiger partial charge in [-0.15, -0.1) is 0 Å². The predicted molar refractivity (Wildman–Crippen MR) is 121 cm³/mol. The Labute approximate surface area is 190 Å². The van der Waals surface area contributed by atoms with E-state index in [4.69, 9.17) is 33.5 Å². The third kappa shape index (κ3) is 5.14. The Kier molecular flexibility index (Phi) is 6.81. The smallest absolute Gasteiger partial charge is 0.281 e. The molecule has 11 heteroatoms. The highest BCUT2D eigenvalue weighted by atomic mass is 35.5. The first-order valence-electron chi connectivity index (χ1n) is 9.12. The van der Waals surface area contributed by atoms with E-state index in [0.717, 1.165) is 10.6 Å². The number of carbonyl (C=O) groups excluding carboxylic acids is 1. The number of amides is 1. The van der Waals surface area contributed by atoms with Gasteiger partial charge in [-0.3, -0.25) is 9.69 Å². The molecule has 8 nitrogen and oxygen atoms in total. The summed E-state index contributed by atoms with van der Waals surface area (Å²) in [6.45, 7) is 0.0563. The van der Waals surface area contributed by atoms with Crippen LogP contribution in [0.3, 0.4) is 0 Å². The van der Waals surface area contributed by atoms with Gasteiger partial charge in [0.1, 0.15) is 17.2 Å². The van der Waals surface area contributed by atoms with Crippen LogP contribution < -0.4 is 4.90 Å². The number of halogens is 1. The summed E-state index contributed by atoms with van der Waals surface area (Å²) < 4.78 is 30.7. The molecule has 1 fully saturated rings.